The predicted octanol–water partition coefficient (Wildman–Crippen LogP) is 3.47. The molecule has 0 amide bonds. The third-order valence-corrected chi connectivity index (χ3v) is 3.20. The summed E-state index contributed by atoms with van der Waals surface area (Å²) < 4.78 is 5.70. The first-order valence-corrected chi connectivity index (χ1v) is 6.87. The maximum atomic E-state index is 5.70. The number of para-hydroxylation sites is 1. The molecule has 2 N–H and O–H groups in total. The van der Waals surface area contributed by atoms with E-state index < -0.39 is 0 Å². The van der Waals surface area contributed by atoms with Gasteiger partial charge in [0.05, 0.1) is 5.69 Å². The minimum Gasteiger partial charge on any atom is -0.476 e. The fraction of sp³-hybridized carbons (Fsp3) is 0.294. The van der Waals surface area contributed by atoms with Crippen LogP contribution in [0.25, 0.3) is 0 Å². The van der Waals surface area contributed by atoms with Crippen molar-refractivity contribution in [2.75, 3.05) is 19.1 Å². The van der Waals surface area contributed by atoms with Gasteiger partial charge in [-0.1, -0.05) is 42.0 Å². The summed E-state index contributed by atoms with van der Waals surface area (Å²) in [6, 6.07) is 14.6. The van der Waals surface area contributed by atoms with Crippen molar-refractivity contribution in [2.24, 2.45) is 0 Å². The summed E-state index contributed by atoms with van der Waals surface area (Å²) in [6.45, 7) is 5.48. The molecule has 3 heteroatoms. The van der Waals surface area contributed by atoms with Crippen molar-refractivity contribution < 1.29 is 4.74 Å². The zero-order valence-electron chi connectivity index (χ0n) is 12.4. The van der Waals surface area contributed by atoms with Gasteiger partial charge in [-0.25, -0.2) is 0 Å². The van der Waals surface area contributed by atoms with Crippen LogP contribution in [0.5, 0.6) is 5.75 Å². The minimum atomic E-state index is 0.503. The van der Waals surface area contributed by atoms with Gasteiger partial charge in [0.1, 0.15) is 12.5 Å². The van der Waals surface area contributed by atoms with Gasteiger partial charge in [-0.3, -0.25) is 5.32 Å². The smallest absolute Gasteiger partial charge is 0.144 e. The summed E-state index contributed by atoms with van der Waals surface area (Å²) in [6.07, 6.45) is 0. The summed E-state index contributed by atoms with van der Waals surface area (Å²) in [5.74, 6) is 0.881. The summed E-state index contributed by atoms with van der Waals surface area (Å²) in [7, 11) is 1.87. The highest BCUT2D eigenvalue weighted by Gasteiger charge is 2.06. The number of nitrogens with one attached hydrogen (secondary N) is 2. The molecular formula is C17H22N2O. The molecule has 2 aromatic rings. The number of ether oxygens (including phenoxy) is 1. The van der Waals surface area contributed by atoms with Crippen LogP contribution in [0.2, 0.25) is 0 Å². The molecule has 0 bridgehead atoms. The van der Waals surface area contributed by atoms with Crippen molar-refractivity contribution >= 4 is 5.69 Å². The molecule has 0 aliphatic rings. The molecule has 0 atom stereocenters. The Kier molecular flexibility index (Phi) is 5.02. The molecule has 20 heavy (non-hydrogen) atoms. The van der Waals surface area contributed by atoms with E-state index in [9.17, 15) is 0 Å². The lowest BCUT2D eigenvalue weighted by molar-refractivity contribution is 0.297. The van der Waals surface area contributed by atoms with Crippen LogP contribution in [0.3, 0.4) is 0 Å². The summed E-state index contributed by atoms with van der Waals surface area (Å²) in [4.78, 5) is 0. The first-order chi connectivity index (χ1) is 9.70. The van der Waals surface area contributed by atoms with Crippen LogP contribution in [-0.4, -0.2) is 13.8 Å². The van der Waals surface area contributed by atoms with Crippen molar-refractivity contribution in [1.82, 2.24) is 5.32 Å². The Balaban J connectivity index is 2.09. The van der Waals surface area contributed by atoms with Gasteiger partial charge < -0.3 is 10.1 Å². The minimum absolute atomic E-state index is 0.503. The number of rotatable bonds is 6. The number of aryl methyl sites for hydroxylation is 2. The van der Waals surface area contributed by atoms with E-state index in [1.54, 1.807) is 0 Å². The molecule has 0 saturated carbocycles. The third-order valence-electron chi connectivity index (χ3n) is 3.20. The molecule has 0 aliphatic carbocycles. The largest absolute Gasteiger partial charge is 0.476 e. The molecule has 0 spiro atoms. The van der Waals surface area contributed by atoms with Gasteiger partial charge >= 0.3 is 0 Å². The second kappa shape index (κ2) is 6.96. The van der Waals surface area contributed by atoms with E-state index in [1.165, 1.54) is 16.7 Å². The van der Waals surface area contributed by atoms with E-state index in [0.29, 0.717) is 6.73 Å². The molecule has 3 nitrogen and oxygen atoms in total. The summed E-state index contributed by atoms with van der Waals surface area (Å²) >= 11 is 0. The number of anilines is 1. The highest BCUT2D eigenvalue weighted by Crippen LogP contribution is 2.28. The molecule has 0 unspecified atom stereocenters. The van der Waals surface area contributed by atoms with E-state index in [2.05, 4.69) is 54.8 Å². The van der Waals surface area contributed by atoms with Crippen LogP contribution in [0.1, 0.15) is 16.7 Å². The monoisotopic (exact) mass is 270 g/mol. The lowest BCUT2D eigenvalue weighted by atomic mass is 10.1. The molecule has 0 radical (unpaired) electrons. The fourth-order valence-corrected chi connectivity index (χ4v) is 2.03. The average Bonchev–Trinajstić information content (AvgIpc) is 2.46. The zero-order chi connectivity index (χ0) is 14.4. The van der Waals surface area contributed by atoms with Crippen molar-refractivity contribution in [3.63, 3.8) is 0 Å². The highest BCUT2D eigenvalue weighted by molar-refractivity contribution is 5.61. The molecule has 0 fully saturated rings. The highest BCUT2D eigenvalue weighted by atomic mass is 16.5. The Labute approximate surface area is 121 Å². The van der Waals surface area contributed by atoms with E-state index in [1.807, 2.05) is 19.2 Å². The van der Waals surface area contributed by atoms with Crippen LogP contribution in [0, 0.1) is 13.8 Å². The van der Waals surface area contributed by atoms with Gasteiger partial charge in [0.25, 0.3) is 0 Å². The lowest BCUT2D eigenvalue weighted by Gasteiger charge is -2.15. The van der Waals surface area contributed by atoms with Crippen molar-refractivity contribution in [3.05, 3.63) is 59.2 Å². The average molecular weight is 270 g/mol. The van der Waals surface area contributed by atoms with E-state index in [4.69, 9.17) is 4.74 Å². The molecule has 2 aromatic carbocycles. The number of hydrogen-bond acceptors (Lipinski definition) is 3. The second-order valence-electron chi connectivity index (χ2n) is 4.93. The van der Waals surface area contributed by atoms with Crippen LogP contribution in [0.4, 0.5) is 5.69 Å². The predicted molar refractivity (Wildman–Crippen MR) is 84.2 cm³/mol. The molecule has 0 heterocycles. The van der Waals surface area contributed by atoms with Gasteiger partial charge in [-0.05, 0) is 38.1 Å². The van der Waals surface area contributed by atoms with Gasteiger partial charge in [-0.2, -0.15) is 0 Å². The molecule has 106 valence electrons. The Morgan fingerprint density at radius 2 is 1.75 bits per heavy atom. The fourth-order valence-electron chi connectivity index (χ4n) is 2.03. The van der Waals surface area contributed by atoms with E-state index in [0.717, 1.165) is 18.0 Å². The Morgan fingerprint density at radius 1 is 1.00 bits per heavy atom. The van der Waals surface area contributed by atoms with Gasteiger partial charge in [0, 0.05) is 6.54 Å². The summed E-state index contributed by atoms with van der Waals surface area (Å²) in [5.41, 5.74) is 4.79. The SMILES string of the molecule is CNCOc1cccc(C)c1NCc1ccc(C)cc1. The van der Waals surface area contributed by atoms with Gasteiger partial charge in [0.2, 0.25) is 0 Å². The van der Waals surface area contributed by atoms with Gasteiger partial charge in [0.15, 0.2) is 0 Å². The Morgan fingerprint density at radius 3 is 2.45 bits per heavy atom. The number of benzene rings is 2. The standard InChI is InChI=1S/C17H22N2O/c1-13-7-9-15(10-8-13)11-19-17-14(2)5-4-6-16(17)20-12-18-3/h4-10,18-19H,11-12H2,1-3H3. The maximum Gasteiger partial charge on any atom is 0.144 e. The number of hydrogen-bond donors (Lipinski definition) is 2. The first-order valence-electron chi connectivity index (χ1n) is 6.87. The molecule has 2 rings (SSSR count). The summed E-state index contributed by atoms with van der Waals surface area (Å²) in [5, 5.41) is 6.47. The molecule has 0 aliphatic heterocycles. The van der Waals surface area contributed by atoms with Crippen LogP contribution >= 0.6 is 0 Å². The Hall–Kier alpha value is -2.00. The quantitative estimate of drug-likeness (QED) is 0.789. The van der Waals surface area contributed by atoms with E-state index >= 15 is 0 Å². The van der Waals surface area contributed by atoms with Crippen molar-refractivity contribution in [3.8, 4) is 5.75 Å². The third kappa shape index (κ3) is 3.75. The zero-order valence-corrected chi connectivity index (χ0v) is 12.4. The van der Waals surface area contributed by atoms with Crippen molar-refractivity contribution in [2.45, 2.75) is 20.4 Å². The maximum absolute atomic E-state index is 5.70. The molecule has 0 saturated heterocycles. The molecule has 0 aromatic heterocycles. The lowest BCUT2D eigenvalue weighted by Crippen LogP contribution is -2.15. The van der Waals surface area contributed by atoms with Crippen LogP contribution in [-0.2, 0) is 6.54 Å². The van der Waals surface area contributed by atoms with E-state index in [-0.39, 0.29) is 0 Å². The first kappa shape index (κ1) is 14.4. The van der Waals surface area contributed by atoms with Crippen LogP contribution in [0.15, 0.2) is 42.5 Å². The topological polar surface area (TPSA) is 33.3 Å². The second-order valence-corrected chi connectivity index (χ2v) is 4.93. The Bertz CT molecular complexity index is 549. The van der Waals surface area contributed by atoms with Crippen molar-refractivity contribution in [1.29, 1.82) is 0 Å². The van der Waals surface area contributed by atoms with Crippen LogP contribution < -0.4 is 15.4 Å². The van der Waals surface area contributed by atoms with Gasteiger partial charge in [-0.15, -0.1) is 0 Å². The normalized spacial score (nSPS) is 10.3. The molecular weight excluding hydrogens is 248 g/mol.